The van der Waals surface area contributed by atoms with Crippen molar-refractivity contribution in [1.29, 1.82) is 0 Å². The highest BCUT2D eigenvalue weighted by molar-refractivity contribution is 5.95. The maximum Gasteiger partial charge on any atom is 0.227 e. The zero-order valence-electron chi connectivity index (χ0n) is 16.3. The van der Waals surface area contributed by atoms with E-state index in [1.54, 1.807) is 0 Å². The van der Waals surface area contributed by atoms with E-state index >= 15 is 0 Å². The Morgan fingerprint density at radius 2 is 1.68 bits per heavy atom. The number of carbonyl (C=O) groups is 2. The van der Waals surface area contributed by atoms with Crippen molar-refractivity contribution in [2.75, 3.05) is 11.4 Å². The summed E-state index contributed by atoms with van der Waals surface area (Å²) in [6.07, 6.45) is 1.53. The lowest BCUT2D eigenvalue weighted by Gasteiger charge is -2.23. The highest BCUT2D eigenvalue weighted by atomic mass is 35.5. The van der Waals surface area contributed by atoms with E-state index in [1.165, 1.54) is 0 Å². The van der Waals surface area contributed by atoms with Gasteiger partial charge in [-0.2, -0.15) is 0 Å². The van der Waals surface area contributed by atoms with Gasteiger partial charge < -0.3 is 16.0 Å². The van der Waals surface area contributed by atoms with Crippen molar-refractivity contribution in [2.45, 2.75) is 38.8 Å². The van der Waals surface area contributed by atoms with Crippen LogP contribution in [0.4, 0.5) is 5.69 Å². The Balaban J connectivity index is 0.00000280. The summed E-state index contributed by atoms with van der Waals surface area (Å²) < 4.78 is 0. The molecule has 1 saturated heterocycles. The van der Waals surface area contributed by atoms with Crippen LogP contribution in [0.3, 0.4) is 0 Å². The Morgan fingerprint density at radius 1 is 1.04 bits per heavy atom. The smallest absolute Gasteiger partial charge is 0.227 e. The van der Waals surface area contributed by atoms with Crippen LogP contribution in [-0.4, -0.2) is 18.4 Å². The first-order valence-corrected chi connectivity index (χ1v) is 9.48. The number of benzene rings is 2. The molecule has 1 aliphatic rings. The Morgan fingerprint density at radius 3 is 2.25 bits per heavy atom. The molecule has 3 atom stereocenters. The highest BCUT2D eigenvalue weighted by Crippen LogP contribution is 2.24. The maximum atomic E-state index is 12.6. The number of rotatable bonds is 6. The molecular weight excluding hydrogens is 374 g/mol. The van der Waals surface area contributed by atoms with Crippen molar-refractivity contribution >= 4 is 29.9 Å². The number of anilines is 1. The minimum Gasteiger partial charge on any atom is -0.349 e. The van der Waals surface area contributed by atoms with Gasteiger partial charge in [-0.3, -0.25) is 9.59 Å². The predicted octanol–water partition coefficient (Wildman–Crippen LogP) is 3.75. The van der Waals surface area contributed by atoms with E-state index in [0.717, 1.165) is 29.8 Å². The van der Waals surface area contributed by atoms with Crippen LogP contribution in [0.2, 0.25) is 0 Å². The molecular formula is C22H28ClN3O2. The van der Waals surface area contributed by atoms with E-state index in [4.69, 9.17) is 5.73 Å². The Hall–Kier alpha value is -2.37. The molecule has 2 aromatic rings. The van der Waals surface area contributed by atoms with Crippen molar-refractivity contribution in [3.05, 3.63) is 65.7 Å². The molecule has 5 nitrogen and oxygen atoms in total. The van der Waals surface area contributed by atoms with Gasteiger partial charge in [-0.1, -0.05) is 49.4 Å². The first-order valence-electron chi connectivity index (χ1n) is 9.48. The fraction of sp³-hybridized carbons (Fsp3) is 0.364. The second-order valence-electron chi connectivity index (χ2n) is 7.20. The number of nitrogens with one attached hydrogen (secondary N) is 1. The molecule has 3 unspecified atom stereocenters. The number of amides is 2. The van der Waals surface area contributed by atoms with Gasteiger partial charge in [0.2, 0.25) is 11.8 Å². The zero-order chi connectivity index (χ0) is 19.4. The van der Waals surface area contributed by atoms with E-state index < -0.39 is 0 Å². The molecule has 0 aliphatic carbocycles. The SMILES string of the molecule is CC(NC(=O)C(C)C(N)c1ccccc1)c1ccc(N2CCCC2=O)cc1.Cl. The summed E-state index contributed by atoms with van der Waals surface area (Å²) in [7, 11) is 0. The molecule has 2 amide bonds. The summed E-state index contributed by atoms with van der Waals surface area (Å²) >= 11 is 0. The van der Waals surface area contributed by atoms with Crippen molar-refractivity contribution in [3.63, 3.8) is 0 Å². The van der Waals surface area contributed by atoms with Gasteiger partial charge in [-0.05, 0) is 36.6 Å². The zero-order valence-corrected chi connectivity index (χ0v) is 17.1. The molecule has 0 spiro atoms. The lowest BCUT2D eigenvalue weighted by atomic mass is 9.94. The average Bonchev–Trinajstić information content (AvgIpc) is 3.13. The van der Waals surface area contributed by atoms with E-state index in [2.05, 4.69) is 5.32 Å². The molecule has 2 aromatic carbocycles. The first-order chi connectivity index (χ1) is 13.0. The van der Waals surface area contributed by atoms with E-state index in [-0.39, 0.29) is 42.2 Å². The molecule has 1 heterocycles. The third-order valence-corrected chi connectivity index (χ3v) is 5.27. The van der Waals surface area contributed by atoms with Crippen LogP contribution in [0.25, 0.3) is 0 Å². The van der Waals surface area contributed by atoms with Crippen LogP contribution in [0.5, 0.6) is 0 Å². The van der Waals surface area contributed by atoms with Crippen LogP contribution >= 0.6 is 12.4 Å². The predicted molar refractivity (Wildman–Crippen MR) is 114 cm³/mol. The Labute approximate surface area is 172 Å². The van der Waals surface area contributed by atoms with Crippen molar-refractivity contribution in [2.24, 2.45) is 11.7 Å². The lowest BCUT2D eigenvalue weighted by molar-refractivity contribution is -0.125. The Kier molecular flexibility index (Phi) is 7.61. The molecule has 1 aliphatic heterocycles. The number of hydrogen-bond donors (Lipinski definition) is 2. The molecule has 1 fully saturated rings. The summed E-state index contributed by atoms with van der Waals surface area (Å²) in [5, 5.41) is 3.04. The normalized spacial score (nSPS) is 16.8. The van der Waals surface area contributed by atoms with Crippen LogP contribution < -0.4 is 16.0 Å². The Bertz CT molecular complexity index is 795. The van der Waals surface area contributed by atoms with E-state index in [9.17, 15) is 9.59 Å². The molecule has 0 aromatic heterocycles. The summed E-state index contributed by atoms with van der Waals surface area (Å²) in [5.41, 5.74) is 9.12. The third-order valence-electron chi connectivity index (χ3n) is 5.27. The van der Waals surface area contributed by atoms with Gasteiger partial charge in [0.05, 0.1) is 12.0 Å². The molecule has 0 radical (unpaired) electrons. The minimum atomic E-state index is -0.345. The summed E-state index contributed by atoms with van der Waals surface area (Å²) in [6, 6.07) is 17.0. The van der Waals surface area contributed by atoms with E-state index in [0.29, 0.717) is 6.42 Å². The molecule has 6 heteroatoms. The number of nitrogens with two attached hydrogens (primary N) is 1. The van der Waals surface area contributed by atoms with Gasteiger partial charge in [0, 0.05) is 24.7 Å². The van der Waals surface area contributed by atoms with Gasteiger partial charge in [-0.25, -0.2) is 0 Å². The molecule has 3 N–H and O–H groups in total. The van der Waals surface area contributed by atoms with Crippen LogP contribution in [0.1, 0.15) is 49.9 Å². The number of halogens is 1. The van der Waals surface area contributed by atoms with Crippen molar-refractivity contribution < 1.29 is 9.59 Å². The second kappa shape index (κ2) is 9.71. The van der Waals surface area contributed by atoms with Gasteiger partial charge >= 0.3 is 0 Å². The van der Waals surface area contributed by atoms with Crippen molar-refractivity contribution in [1.82, 2.24) is 5.32 Å². The number of carbonyl (C=O) groups excluding carboxylic acids is 2. The largest absolute Gasteiger partial charge is 0.349 e. The maximum absolute atomic E-state index is 12.6. The quantitative estimate of drug-likeness (QED) is 0.774. The summed E-state index contributed by atoms with van der Waals surface area (Å²) in [4.78, 5) is 26.3. The van der Waals surface area contributed by atoms with Crippen LogP contribution in [0.15, 0.2) is 54.6 Å². The molecule has 150 valence electrons. The molecule has 0 saturated carbocycles. The van der Waals surface area contributed by atoms with Gasteiger partial charge in [-0.15, -0.1) is 12.4 Å². The van der Waals surface area contributed by atoms with Gasteiger partial charge in [0.1, 0.15) is 0 Å². The van der Waals surface area contributed by atoms with Crippen molar-refractivity contribution in [3.8, 4) is 0 Å². The van der Waals surface area contributed by atoms with Crippen LogP contribution in [-0.2, 0) is 9.59 Å². The fourth-order valence-corrected chi connectivity index (χ4v) is 3.42. The second-order valence-corrected chi connectivity index (χ2v) is 7.20. The molecule has 3 rings (SSSR count). The molecule has 28 heavy (non-hydrogen) atoms. The summed E-state index contributed by atoms with van der Waals surface area (Å²) in [5.74, 6) is -0.234. The minimum absolute atomic E-state index is 0. The average molecular weight is 402 g/mol. The summed E-state index contributed by atoms with van der Waals surface area (Å²) in [6.45, 7) is 4.58. The van der Waals surface area contributed by atoms with Gasteiger partial charge in [0.25, 0.3) is 0 Å². The van der Waals surface area contributed by atoms with Gasteiger partial charge in [0.15, 0.2) is 0 Å². The number of nitrogens with zero attached hydrogens (tertiary/aromatic N) is 1. The lowest BCUT2D eigenvalue weighted by Crippen LogP contribution is -2.36. The van der Waals surface area contributed by atoms with Crippen LogP contribution in [0, 0.1) is 5.92 Å². The highest BCUT2D eigenvalue weighted by Gasteiger charge is 2.24. The fourth-order valence-electron chi connectivity index (χ4n) is 3.42. The topological polar surface area (TPSA) is 75.4 Å². The third kappa shape index (κ3) is 4.91. The molecule has 0 bridgehead atoms. The van der Waals surface area contributed by atoms with E-state index in [1.807, 2.05) is 73.3 Å². The standard InChI is InChI=1S/C22H27N3O2.ClH/c1-15(21(23)18-7-4-3-5-8-18)22(27)24-16(2)17-10-12-19(13-11-17)25-14-6-9-20(25)26;/h3-5,7-8,10-13,15-16,21H,6,9,14,23H2,1-2H3,(H,24,27);1H. The monoisotopic (exact) mass is 401 g/mol. The number of hydrogen-bond acceptors (Lipinski definition) is 3. The first kappa shape index (κ1) is 21.9.